The lowest BCUT2D eigenvalue weighted by Crippen LogP contribution is -1.93. The summed E-state index contributed by atoms with van der Waals surface area (Å²) in [5.41, 5.74) is 2.05. The van der Waals surface area contributed by atoms with Crippen LogP contribution in [0, 0.1) is 12.7 Å². The van der Waals surface area contributed by atoms with Gasteiger partial charge in [-0.1, -0.05) is 27.5 Å². The summed E-state index contributed by atoms with van der Waals surface area (Å²) >= 11 is 9.60. The van der Waals surface area contributed by atoms with Gasteiger partial charge in [-0.3, -0.25) is 0 Å². The lowest BCUT2D eigenvalue weighted by atomic mass is 10.1. The van der Waals surface area contributed by atoms with Crippen LogP contribution >= 0.6 is 27.5 Å². The molecule has 0 aliphatic carbocycles. The molecular weight excluding hydrogens is 343 g/mol. The summed E-state index contributed by atoms with van der Waals surface area (Å²) in [6.07, 6.45) is 0. The third kappa shape index (κ3) is 2.41. The average molecular weight is 352 g/mol. The molecule has 0 saturated carbocycles. The number of rotatable bonds is 1. The molecule has 0 aliphatic rings. The quantitative estimate of drug-likeness (QED) is 0.566. The van der Waals surface area contributed by atoms with Crippen LogP contribution in [0.5, 0.6) is 0 Å². The van der Waals surface area contributed by atoms with Gasteiger partial charge in [-0.05, 0) is 48.9 Å². The zero-order chi connectivity index (χ0) is 14.3. The van der Waals surface area contributed by atoms with Crippen LogP contribution in [0.3, 0.4) is 0 Å². The molecule has 0 radical (unpaired) electrons. The molecule has 2 aromatic carbocycles. The van der Waals surface area contributed by atoms with E-state index in [4.69, 9.17) is 11.6 Å². The second kappa shape index (κ2) is 5.11. The summed E-state index contributed by atoms with van der Waals surface area (Å²) < 4.78 is 14.2. The van der Waals surface area contributed by atoms with Crippen molar-refractivity contribution in [1.82, 2.24) is 9.97 Å². The Morgan fingerprint density at radius 2 is 1.90 bits per heavy atom. The molecule has 0 aliphatic heterocycles. The highest BCUT2D eigenvalue weighted by atomic mass is 79.9. The predicted molar refractivity (Wildman–Crippen MR) is 82.4 cm³/mol. The molecule has 0 bridgehead atoms. The van der Waals surface area contributed by atoms with Crippen molar-refractivity contribution in [2.45, 2.75) is 6.92 Å². The van der Waals surface area contributed by atoms with E-state index in [1.165, 1.54) is 6.07 Å². The second-order valence-electron chi connectivity index (χ2n) is 4.46. The SMILES string of the molecule is Cc1cc(-c2nc(Cl)c3cc(Br)ccc3n2)ccc1F. The summed E-state index contributed by atoms with van der Waals surface area (Å²) in [6, 6.07) is 10.4. The number of benzene rings is 2. The van der Waals surface area contributed by atoms with Gasteiger partial charge in [-0.15, -0.1) is 0 Å². The first kappa shape index (κ1) is 13.5. The van der Waals surface area contributed by atoms with Crippen LogP contribution in [0.4, 0.5) is 4.39 Å². The third-order valence-corrected chi connectivity index (χ3v) is 3.81. The zero-order valence-electron chi connectivity index (χ0n) is 10.5. The Kier molecular flexibility index (Phi) is 3.44. The summed E-state index contributed by atoms with van der Waals surface area (Å²) in [4.78, 5) is 8.77. The number of hydrogen-bond acceptors (Lipinski definition) is 2. The smallest absolute Gasteiger partial charge is 0.161 e. The number of nitrogens with zero attached hydrogens (tertiary/aromatic N) is 2. The van der Waals surface area contributed by atoms with E-state index < -0.39 is 0 Å². The lowest BCUT2D eigenvalue weighted by Gasteiger charge is -2.06. The van der Waals surface area contributed by atoms with E-state index in [2.05, 4.69) is 25.9 Å². The van der Waals surface area contributed by atoms with Gasteiger partial charge in [0.1, 0.15) is 11.0 Å². The summed E-state index contributed by atoms with van der Waals surface area (Å²) in [5.74, 6) is 0.248. The van der Waals surface area contributed by atoms with E-state index in [1.807, 2.05) is 18.2 Å². The van der Waals surface area contributed by atoms with Crippen molar-refractivity contribution in [2.75, 3.05) is 0 Å². The highest BCUT2D eigenvalue weighted by molar-refractivity contribution is 9.10. The summed E-state index contributed by atoms with van der Waals surface area (Å²) in [5, 5.41) is 1.16. The Hall–Kier alpha value is -1.52. The third-order valence-electron chi connectivity index (χ3n) is 3.03. The van der Waals surface area contributed by atoms with Gasteiger partial charge in [0.25, 0.3) is 0 Å². The van der Waals surface area contributed by atoms with Crippen molar-refractivity contribution in [3.8, 4) is 11.4 Å². The minimum Gasteiger partial charge on any atom is -0.228 e. The normalized spacial score (nSPS) is 11.0. The van der Waals surface area contributed by atoms with Crippen LogP contribution in [0.1, 0.15) is 5.56 Å². The van der Waals surface area contributed by atoms with Gasteiger partial charge in [0.2, 0.25) is 0 Å². The number of aromatic nitrogens is 2. The summed E-state index contributed by atoms with van der Waals surface area (Å²) in [7, 11) is 0. The van der Waals surface area contributed by atoms with Gasteiger partial charge < -0.3 is 0 Å². The molecule has 100 valence electrons. The average Bonchev–Trinajstić information content (AvgIpc) is 2.42. The molecule has 5 heteroatoms. The fraction of sp³-hybridized carbons (Fsp3) is 0.0667. The first-order valence-electron chi connectivity index (χ1n) is 5.94. The van der Waals surface area contributed by atoms with Gasteiger partial charge in [0, 0.05) is 15.4 Å². The van der Waals surface area contributed by atoms with Crippen LogP contribution in [-0.2, 0) is 0 Å². The maximum Gasteiger partial charge on any atom is 0.161 e. The Bertz CT molecular complexity index is 820. The second-order valence-corrected chi connectivity index (χ2v) is 5.74. The van der Waals surface area contributed by atoms with Crippen LogP contribution in [0.2, 0.25) is 5.15 Å². The Morgan fingerprint density at radius 1 is 1.10 bits per heavy atom. The van der Waals surface area contributed by atoms with Gasteiger partial charge in [0.15, 0.2) is 5.82 Å². The van der Waals surface area contributed by atoms with E-state index >= 15 is 0 Å². The number of halogens is 3. The van der Waals surface area contributed by atoms with E-state index in [0.29, 0.717) is 16.5 Å². The Labute approximate surface area is 128 Å². The number of aryl methyl sites for hydroxylation is 1. The van der Waals surface area contributed by atoms with E-state index in [0.717, 1.165) is 20.9 Å². The molecule has 1 aromatic heterocycles. The summed E-state index contributed by atoms with van der Waals surface area (Å²) in [6.45, 7) is 1.71. The molecule has 20 heavy (non-hydrogen) atoms. The highest BCUT2D eigenvalue weighted by Crippen LogP contribution is 2.27. The Morgan fingerprint density at radius 3 is 2.65 bits per heavy atom. The number of hydrogen-bond donors (Lipinski definition) is 0. The van der Waals surface area contributed by atoms with Gasteiger partial charge in [0.05, 0.1) is 5.52 Å². The van der Waals surface area contributed by atoms with Crippen molar-refractivity contribution in [2.24, 2.45) is 0 Å². The van der Waals surface area contributed by atoms with Gasteiger partial charge in [-0.25, -0.2) is 14.4 Å². The van der Waals surface area contributed by atoms with Crippen molar-refractivity contribution in [3.05, 3.63) is 57.4 Å². The minimum atomic E-state index is -0.246. The molecule has 0 saturated heterocycles. The van der Waals surface area contributed by atoms with Crippen molar-refractivity contribution < 1.29 is 4.39 Å². The van der Waals surface area contributed by atoms with Crippen molar-refractivity contribution in [3.63, 3.8) is 0 Å². The molecule has 0 fully saturated rings. The molecule has 0 atom stereocenters. The van der Waals surface area contributed by atoms with Crippen molar-refractivity contribution >= 4 is 38.4 Å². The molecule has 1 heterocycles. The maximum absolute atomic E-state index is 13.3. The number of fused-ring (bicyclic) bond motifs is 1. The monoisotopic (exact) mass is 350 g/mol. The fourth-order valence-electron chi connectivity index (χ4n) is 1.98. The molecule has 2 nitrogen and oxygen atoms in total. The van der Waals surface area contributed by atoms with Crippen LogP contribution in [0.25, 0.3) is 22.3 Å². The van der Waals surface area contributed by atoms with E-state index in [-0.39, 0.29) is 5.82 Å². The molecule has 3 aromatic rings. The first-order chi connectivity index (χ1) is 9.54. The Balaban J connectivity index is 2.21. The van der Waals surface area contributed by atoms with E-state index in [1.54, 1.807) is 19.1 Å². The molecule has 0 N–H and O–H groups in total. The minimum absolute atomic E-state index is 0.246. The maximum atomic E-state index is 13.3. The van der Waals surface area contributed by atoms with Crippen LogP contribution in [-0.4, -0.2) is 9.97 Å². The van der Waals surface area contributed by atoms with Crippen LogP contribution < -0.4 is 0 Å². The standard InChI is InChI=1S/C15H9BrClFN2/c1-8-6-9(2-4-12(8)18)15-19-13-5-3-10(16)7-11(13)14(17)20-15/h2-7H,1H3. The van der Waals surface area contributed by atoms with Gasteiger partial charge in [-0.2, -0.15) is 0 Å². The van der Waals surface area contributed by atoms with Crippen LogP contribution in [0.15, 0.2) is 40.9 Å². The molecule has 0 unspecified atom stereocenters. The molecule has 3 rings (SSSR count). The fourth-order valence-corrected chi connectivity index (χ4v) is 2.57. The van der Waals surface area contributed by atoms with Crippen molar-refractivity contribution in [1.29, 1.82) is 0 Å². The topological polar surface area (TPSA) is 25.8 Å². The molecule has 0 amide bonds. The predicted octanol–water partition coefficient (Wildman–Crippen LogP) is 5.16. The zero-order valence-corrected chi connectivity index (χ0v) is 12.8. The van der Waals surface area contributed by atoms with Gasteiger partial charge >= 0.3 is 0 Å². The highest BCUT2D eigenvalue weighted by Gasteiger charge is 2.09. The molecule has 0 spiro atoms. The lowest BCUT2D eigenvalue weighted by molar-refractivity contribution is 0.618. The van der Waals surface area contributed by atoms with E-state index in [9.17, 15) is 4.39 Å². The first-order valence-corrected chi connectivity index (χ1v) is 7.11. The largest absolute Gasteiger partial charge is 0.228 e. The molecular formula is C15H9BrClFN2.